The lowest BCUT2D eigenvalue weighted by Gasteiger charge is -2.27. The number of hydrogen-bond donors (Lipinski definition) is 1. The summed E-state index contributed by atoms with van der Waals surface area (Å²) in [5.41, 5.74) is 3.64. The number of benzene rings is 1. The lowest BCUT2D eigenvalue weighted by atomic mass is 10.0. The zero-order chi connectivity index (χ0) is 11.7. The number of thioether (sulfide) groups is 1. The molecule has 1 aromatic carbocycles. The summed E-state index contributed by atoms with van der Waals surface area (Å²) in [6, 6.07) is 8.83. The topological polar surface area (TPSA) is 38.1 Å². The molecule has 0 radical (unpaired) electrons. The van der Waals surface area contributed by atoms with E-state index in [0.29, 0.717) is 6.04 Å². The Morgan fingerprint density at radius 3 is 3.18 bits per heavy atom. The van der Waals surface area contributed by atoms with Crippen molar-refractivity contribution in [1.29, 1.82) is 0 Å². The van der Waals surface area contributed by atoms with Crippen molar-refractivity contribution >= 4 is 11.8 Å². The maximum atomic E-state index is 9.32. The Hall–Kier alpha value is -1.26. The molecule has 1 unspecified atom stereocenters. The highest BCUT2D eigenvalue weighted by Gasteiger charge is 2.22. The van der Waals surface area contributed by atoms with Crippen LogP contribution in [0.3, 0.4) is 0 Å². The Bertz CT molecular complexity index is 524. The molecule has 2 aromatic rings. The van der Waals surface area contributed by atoms with Crippen molar-refractivity contribution in [1.82, 2.24) is 9.55 Å². The normalized spacial score (nSPS) is 19.0. The smallest absolute Gasteiger partial charge is 0.0955 e. The number of aliphatic hydroxyl groups excluding tert-OH is 1. The molecule has 0 bridgehead atoms. The van der Waals surface area contributed by atoms with E-state index in [1.165, 1.54) is 11.1 Å². The van der Waals surface area contributed by atoms with E-state index < -0.39 is 0 Å². The van der Waals surface area contributed by atoms with Crippen LogP contribution in [0.1, 0.15) is 22.9 Å². The highest BCUT2D eigenvalue weighted by atomic mass is 32.2. The van der Waals surface area contributed by atoms with Gasteiger partial charge in [-0.15, -0.1) is 0 Å². The van der Waals surface area contributed by atoms with Crippen molar-refractivity contribution in [3.8, 4) is 0 Å². The van der Waals surface area contributed by atoms with Crippen LogP contribution in [0.4, 0.5) is 0 Å². The number of hydrogen-bond acceptors (Lipinski definition) is 3. The zero-order valence-corrected chi connectivity index (χ0v) is 10.2. The zero-order valence-electron chi connectivity index (χ0n) is 9.41. The van der Waals surface area contributed by atoms with E-state index in [1.54, 1.807) is 6.20 Å². The van der Waals surface area contributed by atoms with Crippen LogP contribution in [0.2, 0.25) is 0 Å². The highest BCUT2D eigenvalue weighted by Crippen LogP contribution is 2.34. The summed E-state index contributed by atoms with van der Waals surface area (Å²) in [6.07, 6.45) is 3.56. The van der Waals surface area contributed by atoms with Gasteiger partial charge < -0.3 is 9.67 Å². The first-order valence-corrected chi connectivity index (χ1v) is 6.82. The van der Waals surface area contributed by atoms with E-state index in [1.807, 2.05) is 18.1 Å². The van der Waals surface area contributed by atoms with Crippen LogP contribution in [-0.4, -0.2) is 20.4 Å². The molecule has 3 nitrogen and oxygen atoms in total. The highest BCUT2D eigenvalue weighted by molar-refractivity contribution is 7.98. The molecule has 1 aliphatic rings. The van der Waals surface area contributed by atoms with Gasteiger partial charge in [-0.1, -0.05) is 24.3 Å². The summed E-state index contributed by atoms with van der Waals surface area (Å²) >= 11 is 1.93. The van der Waals surface area contributed by atoms with E-state index in [0.717, 1.165) is 17.2 Å². The second-order valence-electron chi connectivity index (χ2n) is 4.18. The predicted octanol–water partition coefficient (Wildman–Crippen LogP) is 2.21. The SMILES string of the molecule is OCc1cncn1C1CSCc2ccccc21. The van der Waals surface area contributed by atoms with Crippen LogP contribution in [0.15, 0.2) is 36.8 Å². The lowest BCUT2D eigenvalue weighted by molar-refractivity contribution is 0.269. The van der Waals surface area contributed by atoms with Crippen molar-refractivity contribution in [2.45, 2.75) is 18.4 Å². The first-order chi connectivity index (χ1) is 8.40. The molecule has 0 saturated carbocycles. The fourth-order valence-corrected chi connectivity index (χ4v) is 3.49. The van der Waals surface area contributed by atoms with Gasteiger partial charge in [0.15, 0.2) is 0 Å². The number of rotatable bonds is 2. The van der Waals surface area contributed by atoms with Gasteiger partial charge in [0, 0.05) is 11.5 Å². The molecule has 88 valence electrons. The third-order valence-electron chi connectivity index (χ3n) is 3.19. The monoisotopic (exact) mass is 246 g/mol. The second kappa shape index (κ2) is 4.55. The lowest BCUT2D eigenvalue weighted by Crippen LogP contribution is -2.19. The van der Waals surface area contributed by atoms with Crippen molar-refractivity contribution in [3.05, 3.63) is 53.6 Å². The Labute approximate surface area is 104 Å². The van der Waals surface area contributed by atoms with Gasteiger partial charge in [0.1, 0.15) is 0 Å². The van der Waals surface area contributed by atoms with Gasteiger partial charge in [-0.25, -0.2) is 4.98 Å². The Morgan fingerprint density at radius 2 is 2.29 bits per heavy atom. The molecule has 1 N–H and O–H groups in total. The molecule has 1 aromatic heterocycles. The summed E-state index contributed by atoms with van der Waals surface area (Å²) in [4.78, 5) is 4.13. The van der Waals surface area contributed by atoms with Gasteiger partial charge in [-0.2, -0.15) is 11.8 Å². The number of aromatic nitrogens is 2. The largest absolute Gasteiger partial charge is 0.390 e. The molecule has 0 spiro atoms. The number of aliphatic hydroxyl groups is 1. The molecule has 3 rings (SSSR count). The summed E-state index contributed by atoms with van der Waals surface area (Å²) in [7, 11) is 0. The number of imidazole rings is 1. The second-order valence-corrected chi connectivity index (χ2v) is 5.21. The number of nitrogens with zero attached hydrogens (tertiary/aromatic N) is 2. The van der Waals surface area contributed by atoms with Crippen molar-refractivity contribution in [3.63, 3.8) is 0 Å². The molecular weight excluding hydrogens is 232 g/mol. The van der Waals surface area contributed by atoms with E-state index in [4.69, 9.17) is 0 Å². The van der Waals surface area contributed by atoms with Crippen LogP contribution in [0.25, 0.3) is 0 Å². The van der Waals surface area contributed by atoms with Crippen LogP contribution >= 0.6 is 11.8 Å². The fraction of sp³-hybridized carbons (Fsp3) is 0.308. The first-order valence-electron chi connectivity index (χ1n) is 5.67. The first kappa shape index (κ1) is 10.9. The quantitative estimate of drug-likeness (QED) is 0.883. The Kier molecular flexibility index (Phi) is 2.91. The van der Waals surface area contributed by atoms with Crippen LogP contribution in [0, 0.1) is 0 Å². The number of fused-ring (bicyclic) bond motifs is 1. The minimum absolute atomic E-state index is 0.0450. The molecule has 0 fully saturated rings. The maximum Gasteiger partial charge on any atom is 0.0955 e. The molecular formula is C13H14N2OS. The maximum absolute atomic E-state index is 9.32. The summed E-state index contributed by atoms with van der Waals surface area (Å²) in [6.45, 7) is 0.0450. The molecule has 17 heavy (non-hydrogen) atoms. The van der Waals surface area contributed by atoms with Gasteiger partial charge in [0.05, 0.1) is 30.9 Å². The average molecular weight is 246 g/mol. The molecule has 0 aliphatic carbocycles. The third kappa shape index (κ3) is 1.87. The van der Waals surface area contributed by atoms with Crippen LogP contribution < -0.4 is 0 Å². The molecule has 4 heteroatoms. The summed E-state index contributed by atoms with van der Waals surface area (Å²) in [5.74, 6) is 2.12. The van der Waals surface area contributed by atoms with Gasteiger partial charge in [-0.05, 0) is 11.1 Å². The van der Waals surface area contributed by atoms with E-state index in [2.05, 4.69) is 33.8 Å². The molecule has 2 heterocycles. The van der Waals surface area contributed by atoms with Crippen LogP contribution in [0.5, 0.6) is 0 Å². The molecule has 1 aliphatic heterocycles. The van der Waals surface area contributed by atoms with Crippen molar-refractivity contribution in [2.75, 3.05) is 5.75 Å². The van der Waals surface area contributed by atoms with E-state index >= 15 is 0 Å². The van der Waals surface area contributed by atoms with Gasteiger partial charge >= 0.3 is 0 Å². The van der Waals surface area contributed by atoms with Crippen molar-refractivity contribution in [2.24, 2.45) is 0 Å². The molecule has 1 atom stereocenters. The van der Waals surface area contributed by atoms with Gasteiger partial charge in [0.25, 0.3) is 0 Å². The molecule has 0 saturated heterocycles. The summed E-state index contributed by atoms with van der Waals surface area (Å²) in [5, 5.41) is 9.32. The minimum atomic E-state index is 0.0450. The van der Waals surface area contributed by atoms with Gasteiger partial charge in [0.2, 0.25) is 0 Å². The fourth-order valence-electron chi connectivity index (χ4n) is 2.33. The van der Waals surface area contributed by atoms with E-state index in [9.17, 15) is 5.11 Å². The minimum Gasteiger partial charge on any atom is -0.390 e. The summed E-state index contributed by atoms with van der Waals surface area (Å²) < 4.78 is 2.09. The standard InChI is InChI=1S/C13H14N2OS/c16-6-11-5-14-9-15(11)13-8-17-7-10-3-1-2-4-12(10)13/h1-5,9,13,16H,6-8H2. The average Bonchev–Trinajstić information content (AvgIpc) is 2.86. The van der Waals surface area contributed by atoms with Crippen molar-refractivity contribution < 1.29 is 5.11 Å². The Balaban J connectivity index is 2.06. The Morgan fingerprint density at radius 1 is 1.41 bits per heavy atom. The van der Waals surface area contributed by atoms with E-state index in [-0.39, 0.29) is 6.61 Å². The third-order valence-corrected chi connectivity index (χ3v) is 4.26. The predicted molar refractivity (Wildman–Crippen MR) is 68.9 cm³/mol. The van der Waals surface area contributed by atoms with Gasteiger partial charge in [-0.3, -0.25) is 0 Å². The molecule has 0 amide bonds. The van der Waals surface area contributed by atoms with Crippen LogP contribution in [-0.2, 0) is 12.4 Å².